The Kier molecular flexibility index (Phi) is 4.74. The molecule has 21 heavy (non-hydrogen) atoms. The molecule has 0 aromatic heterocycles. The van der Waals surface area contributed by atoms with Crippen molar-refractivity contribution in [2.24, 2.45) is 0 Å². The van der Waals surface area contributed by atoms with Gasteiger partial charge in [0, 0.05) is 5.56 Å². The lowest BCUT2D eigenvalue weighted by Gasteiger charge is -2.23. The van der Waals surface area contributed by atoms with Crippen molar-refractivity contribution < 1.29 is 4.79 Å². The van der Waals surface area contributed by atoms with Crippen LogP contribution in [0.2, 0.25) is 0 Å². The van der Waals surface area contributed by atoms with E-state index in [0.717, 1.165) is 18.3 Å². The van der Waals surface area contributed by atoms with Gasteiger partial charge in [-0.3, -0.25) is 4.79 Å². The molecular formula is C20H22O. The second kappa shape index (κ2) is 6.53. The second-order valence-electron chi connectivity index (χ2n) is 5.98. The molecule has 1 nitrogen and oxygen atoms in total. The van der Waals surface area contributed by atoms with Gasteiger partial charge in [-0.1, -0.05) is 75.4 Å². The summed E-state index contributed by atoms with van der Waals surface area (Å²) >= 11 is 0. The minimum Gasteiger partial charge on any atom is -0.298 e. The minimum absolute atomic E-state index is 0.223. The smallest absolute Gasteiger partial charge is 0.150 e. The normalized spacial score (nSPS) is 11.8. The number of carbonyl (C=O) groups is 1. The predicted molar refractivity (Wildman–Crippen MR) is 90.5 cm³/mol. The molecule has 0 aliphatic carbocycles. The van der Waals surface area contributed by atoms with E-state index in [1.807, 2.05) is 30.3 Å². The number of rotatable bonds is 5. The average molecular weight is 278 g/mol. The first-order valence-corrected chi connectivity index (χ1v) is 7.39. The molecule has 1 heteroatoms. The van der Waals surface area contributed by atoms with Crippen LogP contribution in [0.25, 0.3) is 12.2 Å². The standard InChI is InChI=1S/C20H22O/c1-4-20(2,3)19-12-10-16(11-13-19)8-9-17-6-5-7-18(14-17)15-21/h5-15H,4H2,1-3H3. The molecule has 0 aliphatic heterocycles. The third kappa shape index (κ3) is 3.91. The topological polar surface area (TPSA) is 17.1 Å². The highest BCUT2D eigenvalue weighted by molar-refractivity contribution is 5.78. The van der Waals surface area contributed by atoms with Crippen LogP contribution in [0.4, 0.5) is 0 Å². The zero-order chi connectivity index (χ0) is 15.3. The molecular weight excluding hydrogens is 256 g/mol. The lowest BCUT2D eigenvalue weighted by atomic mass is 9.82. The fourth-order valence-electron chi connectivity index (χ4n) is 2.18. The predicted octanol–water partition coefficient (Wildman–Crippen LogP) is 5.36. The lowest BCUT2D eigenvalue weighted by Crippen LogP contribution is -2.14. The van der Waals surface area contributed by atoms with Crippen LogP contribution in [-0.4, -0.2) is 6.29 Å². The van der Waals surface area contributed by atoms with Gasteiger partial charge >= 0.3 is 0 Å². The van der Waals surface area contributed by atoms with Crippen LogP contribution in [0.5, 0.6) is 0 Å². The van der Waals surface area contributed by atoms with Crippen molar-refractivity contribution in [2.45, 2.75) is 32.6 Å². The number of aldehydes is 1. The summed E-state index contributed by atoms with van der Waals surface area (Å²) in [6.07, 6.45) is 6.11. The van der Waals surface area contributed by atoms with Gasteiger partial charge in [0.1, 0.15) is 6.29 Å². The lowest BCUT2D eigenvalue weighted by molar-refractivity contribution is 0.112. The average Bonchev–Trinajstić information content (AvgIpc) is 2.53. The summed E-state index contributed by atoms with van der Waals surface area (Å²) < 4.78 is 0. The molecule has 0 saturated carbocycles. The van der Waals surface area contributed by atoms with Crippen LogP contribution in [-0.2, 0) is 5.41 Å². The molecule has 0 aliphatic rings. The summed E-state index contributed by atoms with van der Waals surface area (Å²) in [7, 11) is 0. The Morgan fingerprint density at radius 3 is 2.14 bits per heavy atom. The first-order valence-electron chi connectivity index (χ1n) is 7.39. The van der Waals surface area contributed by atoms with E-state index in [-0.39, 0.29) is 5.41 Å². The minimum atomic E-state index is 0.223. The number of hydrogen-bond donors (Lipinski definition) is 0. The number of carbonyl (C=O) groups excluding carboxylic acids is 1. The van der Waals surface area contributed by atoms with Crippen molar-refractivity contribution in [3.8, 4) is 0 Å². The third-order valence-corrected chi connectivity index (χ3v) is 4.09. The third-order valence-electron chi connectivity index (χ3n) is 4.09. The molecule has 0 radical (unpaired) electrons. The molecule has 0 bridgehead atoms. The molecule has 108 valence electrons. The molecule has 2 rings (SSSR count). The Balaban J connectivity index is 2.16. The van der Waals surface area contributed by atoms with E-state index >= 15 is 0 Å². The fraction of sp³-hybridized carbons (Fsp3) is 0.250. The molecule has 0 fully saturated rings. The summed E-state index contributed by atoms with van der Waals surface area (Å²) in [5.74, 6) is 0. The maximum Gasteiger partial charge on any atom is 0.150 e. The Labute approximate surface area is 127 Å². The maximum absolute atomic E-state index is 10.8. The highest BCUT2D eigenvalue weighted by Gasteiger charge is 2.16. The maximum atomic E-state index is 10.8. The Hall–Kier alpha value is -2.15. The van der Waals surface area contributed by atoms with Gasteiger partial charge in [-0.05, 0) is 34.6 Å². The molecule has 0 spiro atoms. The first-order chi connectivity index (χ1) is 10.0. The molecule has 0 heterocycles. The van der Waals surface area contributed by atoms with Gasteiger partial charge in [-0.2, -0.15) is 0 Å². The van der Waals surface area contributed by atoms with E-state index in [2.05, 4.69) is 51.1 Å². The molecule has 0 amide bonds. The second-order valence-corrected chi connectivity index (χ2v) is 5.98. The molecule has 2 aromatic rings. The van der Waals surface area contributed by atoms with Gasteiger partial charge in [0.05, 0.1) is 0 Å². The molecule has 0 unspecified atom stereocenters. The molecule has 0 atom stereocenters. The number of hydrogen-bond acceptors (Lipinski definition) is 1. The van der Waals surface area contributed by atoms with E-state index in [4.69, 9.17) is 0 Å². The zero-order valence-corrected chi connectivity index (χ0v) is 13.0. The van der Waals surface area contributed by atoms with Gasteiger partial charge in [-0.25, -0.2) is 0 Å². The Morgan fingerprint density at radius 2 is 1.52 bits per heavy atom. The highest BCUT2D eigenvalue weighted by Crippen LogP contribution is 2.26. The van der Waals surface area contributed by atoms with Crippen LogP contribution < -0.4 is 0 Å². The number of benzene rings is 2. The zero-order valence-electron chi connectivity index (χ0n) is 13.0. The van der Waals surface area contributed by atoms with E-state index in [9.17, 15) is 4.79 Å². The van der Waals surface area contributed by atoms with E-state index in [1.54, 1.807) is 0 Å². The van der Waals surface area contributed by atoms with Crippen LogP contribution in [0.3, 0.4) is 0 Å². The molecule has 0 saturated heterocycles. The van der Waals surface area contributed by atoms with E-state index in [1.165, 1.54) is 11.1 Å². The highest BCUT2D eigenvalue weighted by atomic mass is 16.1. The van der Waals surface area contributed by atoms with Crippen LogP contribution in [0, 0.1) is 0 Å². The largest absolute Gasteiger partial charge is 0.298 e. The monoisotopic (exact) mass is 278 g/mol. The van der Waals surface area contributed by atoms with Crippen molar-refractivity contribution in [2.75, 3.05) is 0 Å². The van der Waals surface area contributed by atoms with Gasteiger partial charge in [0.25, 0.3) is 0 Å². The van der Waals surface area contributed by atoms with Crippen molar-refractivity contribution >= 4 is 18.4 Å². The summed E-state index contributed by atoms with van der Waals surface area (Å²) in [4.78, 5) is 10.8. The van der Waals surface area contributed by atoms with E-state index < -0.39 is 0 Å². The summed E-state index contributed by atoms with van der Waals surface area (Å²) in [6.45, 7) is 6.75. The molecule has 2 aromatic carbocycles. The van der Waals surface area contributed by atoms with E-state index in [0.29, 0.717) is 5.56 Å². The van der Waals surface area contributed by atoms with Crippen molar-refractivity contribution in [3.63, 3.8) is 0 Å². The SMILES string of the molecule is CCC(C)(C)c1ccc(C=Cc2cccc(C=O)c2)cc1. The van der Waals surface area contributed by atoms with Crippen LogP contribution >= 0.6 is 0 Å². The first kappa shape index (κ1) is 15.2. The summed E-state index contributed by atoms with van der Waals surface area (Å²) in [5.41, 5.74) is 4.50. The van der Waals surface area contributed by atoms with Crippen LogP contribution in [0.15, 0.2) is 48.5 Å². The van der Waals surface area contributed by atoms with Crippen LogP contribution in [0.1, 0.15) is 54.2 Å². The molecule has 0 N–H and O–H groups in total. The summed E-state index contributed by atoms with van der Waals surface area (Å²) in [5, 5.41) is 0. The quantitative estimate of drug-likeness (QED) is 0.531. The Morgan fingerprint density at radius 1 is 0.905 bits per heavy atom. The fourth-order valence-corrected chi connectivity index (χ4v) is 2.18. The van der Waals surface area contributed by atoms with Gasteiger partial charge < -0.3 is 0 Å². The van der Waals surface area contributed by atoms with Crippen molar-refractivity contribution in [1.82, 2.24) is 0 Å². The summed E-state index contributed by atoms with van der Waals surface area (Å²) in [6, 6.07) is 16.3. The van der Waals surface area contributed by atoms with Crippen molar-refractivity contribution in [3.05, 3.63) is 70.8 Å². The van der Waals surface area contributed by atoms with Gasteiger partial charge in [0.2, 0.25) is 0 Å². The van der Waals surface area contributed by atoms with Crippen molar-refractivity contribution in [1.29, 1.82) is 0 Å². The van der Waals surface area contributed by atoms with Gasteiger partial charge in [0.15, 0.2) is 0 Å². The van der Waals surface area contributed by atoms with Gasteiger partial charge in [-0.15, -0.1) is 0 Å². The Bertz CT molecular complexity index is 633.